The third kappa shape index (κ3) is 6.52. The second kappa shape index (κ2) is 15.6. The first-order valence-electron chi connectivity index (χ1n) is 21.2. The van der Waals surface area contributed by atoms with Crippen LogP contribution in [0.1, 0.15) is 114 Å². The zero-order chi connectivity index (χ0) is 41.3. The molecule has 0 bridgehead atoms. The van der Waals surface area contributed by atoms with Gasteiger partial charge in [-0.25, -0.2) is 0 Å². The molecule has 2 aromatic heterocycles. The summed E-state index contributed by atoms with van der Waals surface area (Å²) in [5.41, 5.74) is 18.4. The molecular formula is C52H56Cl2O2SiZr. The number of furan rings is 2. The number of fused-ring (bicyclic) bond motifs is 2. The average molecular weight is 903 g/mol. The molecule has 6 heteroatoms. The zero-order valence-corrected chi connectivity index (χ0v) is 40.8. The molecule has 2 atom stereocenters. The van der Waals surface area contributed by atoms with Crippen LogP contribution >= 0.6 is 17.0 Å². The van der Waals surface area contributed by atoms with Gasteiger partial charge < -0.3 is 0 Å². The van der Waals surface area contributed by atoms with Gasteiger partial charge in [-0.1, -0.05) is 0 Å². The van der Waals surface area contributed by atoms with Crippen molar-refractivity contribution in [1.29, 1.82) is 0 Å². The van der Waals surface area contributed by atoms with Crippen LogP contribution in [0.2, 0.25) is 13.1 Å². The number of halogens is 2. The van der Waals surface area contributed by atoms with Gasteiger partial charge in [0.05, 0.1) is 0 Å². The van der Waals surface area contributed by atoms with E-state index in [1.54, 1.807) is 0 Å². The number of aryl methyl sites for hydroxylation is 8. The molecular weight excluding hydrogens is 847 g/mol. The summed E-state index contributed by atoms with van der Waals surface area (Å²) in [6.45, 7) is 22.1. The van der Waals surface area contributed by atoms with Crippen molar-refractivity contribution >= 4 is 45.8 Å². The molecule has 2 heterocycles. The van der Waals surface area contributed by atoms with Gasteiger partial charge in [-0.2, -0.15) is 0 Å². The minimum atomic E-state index is -5.43. The normalized spacial score (nSPS) is 16.4. The van der Waals surface area contributed by atoms with E-state index in [0.29, 0.717) is 0 Å². The Bertz CT molecular complexity index is 2550. The summed E-state index contributed by atoms with van der Waals surface area (Å²) in [7, 11) is 18.1. The molecule has 58 heavy (non-hydrogen) atoms. The second-order valence-electron chi connectivity index (χ2n) is 16.9. The van der Waals surface area contributed by atoms with Gasteiger partial charge in [-0.3, -0.25) is 0 Å². The molecule has 6 aromatic rings. The SMILES string of the molecule is CCc1cccc(-c2c(CC)ccc3c2C=C(c2cc(C)c(C)o2)[CH]3[Zr]([Cl])([Cl])([CH]2C(c3cc(C)c(C)o3)=Cc3c2ccc(CC)c3-c2cccc(CC)c2)=[Si](C)C)c1. The summed E-state index contributed by atoms with van der Waals surface area (Å²) in [5, 5.41) is 0. The first kappa shape index (κ1) is 41.3. The molecule has 2 unspecified atom stereocenters. The topological polar surface area (TPSA) is 26.3 Å². The van der Waals surface area contributed by atoms with E-state index in [0.717, 1.165) is 71.0 Å². The summed E-state index contributed by atoms with van der Waals surface area (Å²) >= 11 is -5.43. The first-order chi connectivity index (χ1) is 27.7. The third-order valence-corrected chi connectivity index (χ3v) is 59.8. The Morgan fingerprint density at radius 2 is 0.966 bits per heavy atom. The van der Waals surface area contributed by atoms with E-state index >= 15 is 0 Å². The Hall–Kier alpha value is -3.40. The van der Waals surface area contributed by atoms with E-state index in [9.17, 15) is 0 Å². The number of hydrogen-bond donors (Lipinski definition) is 0. The fourth-order valence-electron chi connectivity index (χ4n) is 9.90. The Balaban J connectivity index is 1.48. The van der Waals surface area contributed by atoms with Crippen molar-refractivity contribution < 1.29 is 23.8 Å². The first-order valence-corrected chi connectivity index (χ1v) is 36.5. The van der Waals surface area contributed by atoms with Crippen molar-refractivity contribution in [3.8, 4) is 22.3 Å². The van der Waals surface area contributed by atoms with Crippen LogP contribution in [0.25, 0.3) is 45.6 Å². The van der Waals surface area contributed by atoms with E-state index in [2.05, 4.69) is 166 Å². The summed E-state index contributed by atoms with van der Waals surface area (Å²) in [6, 6.07) is 32.0. The molecule has 0 spiro atoms. The Morgan fingerprint density at radius 3 is 1.29 bits per heavy atom. The van der Waals surface area contributed by atoms with Gasteiger partial charge in [0.25, 0.3) is 0 Å². The zero-order valence-electron chi connectivity index (χ0n) is 35.8. The van der Waals surface area contributed by atoms with Crippen molar-refractivity contribution in [2.24, 2.45) is 0 Å². The molecule has 0 N–H and O–H groups in total. The number of rotatable bonds is 10. The Morgan fingerprint density at radius 1 is 0.552 bits per heavy atom. The number of benzene rings is 4. The molecule has 2 aliphatic carbocycles. The van der Waals surface area contributed by atoms with Crippen molar-refractivity contribution in [1.82, 2.24) is 0 Å². The van der Waals surface area contributed by atoms with Crippen LogP contribution in [-0.4, -0.2) is 5.43 Å². The molecule has 0 saturated heterocycles. The molecule has 0 radical (unpaired) electrons. The molecule has 2 aliphatic rings. The molecule has 2 nitrogen and oxygen atoms in total. The van der Waals surface area contributed by atoms with Crippen LogP contribution in [0.15, 0.2) is 93.8 Å². The van der Waals surface area contributed by atoms with Gasteiger partial charge >= 0.3 is 357 Å². The van der Waals surface area contributed by atoms with E-state index in [-0.39, 0.29) is 7.25 Å². The molecule has 0 amide bonds. The maximum atomic E-state index is 9.07. The molecule has 0 aliphatic heterocycles. The molecule has 8 rings (SSSR count). The monoisotopic (exact) mass is 900 g/mol. The minimum absolute atomic E-state index is 0.221. The summed E-state index contributed by atoms with van der Waals surface area (Å²) in [4.78, 5) is 0. The van der Waals surface area contributed by atoms with Crippen LogP contribution < -0.4 is 0 Å². The maximum absolute atomic E-state index is 9.07. The van der Waals surface area contributed by atoms with Gasteiger partial charge in [-0.05, 0) is 0 Å². The van der Waals surface area contributed by atoms with Crippen molar-refractivity contribution in [3.63, 3.8) is 0 Å². The number of allylic oxidation sites excluding steroid dienone is 2. The van der Waals surface area contributed by atoms with E-state index < -0.39 is 20.4 Å². The van der Waals surface area contributed by atoms with Crippen LogP contribution in [-0.2, 0) is 40.7 Å². The fraction of sp³-hybridized carbons (Fsp3) is 0.308. The second-order valence-corrected chi connectivity index (χ2v) is 55.7. The Kier molecular flexibility index (Phi) is 11.1. The van der Waals surface area contributed by atoms with Crippen molar-refractivity contribution in [3.05, 3.63) is 164 Å². The fourth-order valence-corrected chi connectivity index (χ4v) is 37.6. The quantitative estimate of drug-likeness (QED) is 0.128. The average Bonchev–Trinajstić information content (AvgIpc) is 3.99. The molecule has 0 fully saturated rings. The predicted molar refractivity (Wildman–Crippen MR) is 248 cm³/mol. The summed E-state index contributed by atoms with van der Waals surface area (Å²) in [6.07, 6.45) is 8.62. The predicted octanol–water partition coefficient (Wildman–Crippen LogP) is 15.8. The van der Waals surface area contributed by atoms with E-state index in [4.69, 9.17) is 25.9 Å². The molecule has 4 aromatic carbocycles. The van der Waals surface area contributed by atoms with Gasteiger partial charge in [0.15, 0.2) is 0 Å². The van der Waals surface area contributed by atoms with Gasteiger partial charge in [-0.15, -0.1) is 0 Å². The van der Waals surface area contributed by atoms with Gasteiger partial charge in [0.1, 0.15) is 0 Å². The van der Waals surface area contributed by atoms with Gasteiger partial charge in [0.2, 0.25) is 0 Å². The summed E-state index contributed by atoms with van der Waals surface area (Å²) in [5.74, 6) is 3.60. The van der Waals surface area contributed by atoms with E-state index in [1.807, 2.05) is 0 Å². The van der Waals surface area contributed by atoms with Crippen LogP contribution in [0.5, 0.6) is 0 Å². The number of hydrogen-bond acceptors (Lipinski definition) is 2. The van der Waals surface area contributed by atoms with Crippen LogP contribution in [0, 0.1) is 27.7 Å². The third-order valence-electron chi connectivity index (χ3n) is 13.5. The van der Waals surface area contributed by atoms with Crippen molar-refractivity contribution in [2.45, 2.75) is 101 Å². The van der Waals surface area contributed by atoms with Crippen LogP contribution in [0.4, 0.5) is 0 Å². The molecule has 0 saturated carbocycles. The summed E-state index contributed by atoms with van der Waals surface area (Å²) < 4.78 is 13.0. The van der Waals surface area contributed by atoms with Crippen LogP contribution in [0.3, 0.4) is 0 Å². The molecule has 298 valence electrons. The van der Waals surface area contributed by atoms with E-state index in [1.165, 1.54) is 66.8 Å². The standard InChI is InChI=1S/2C25H25O.C2H6Si.2ClH.Zr/c2*1-5-18-8-7-9-21(13-18)25-19(6-2)10-11-20-14-22(15-23(20)25)24-12-16(3)17(4)26-24;1-3-2;;;/h2*7-15H,5-6H2,1-4H3;1-2H3;2*1H;/q;;;;;+2/p-2. The van der Waals surface area contributed by atoms with Gasteiger partial charge in [0, 0.05) is 0 Å². The van der Waals surface area contributed by atoms with Crippen molar-refractivity contribution in [2.75, 3.05) is 0 Å². The Labute approximate surface area is 354 Å².